The number of hydrogen-bond donors (Lipinski definition) is 2. The van der Waals surface area contributed by atoms with E-state index in [9.17, 15) is 0 Å². The van der Waals surface area contributed by atoms with E-state index in [1.807, 2.05) is 22.7 Å². The molecule has 0 saturated carbocycles. The van der Waals surface area contributed by atoms with Gasteiger partial charge in [0.1, 0.15) is 5.82 Å². The van der Waals surface area contributed by atoms with Crippen LogP contribution in [-0.2, 0) is 6.54 Å². The third-order valence-corrected chi connectivity index (χ3v) is 2.86. The molecule has 0 aromatic carbocycles. The van der Waals surface area contributed by atoms with Gasteiger partial charge in [0.25, 0.3) is 0 Å². The fraction of sp³-hybridized carbons (Fsp3) is 0.154. The Morgan fingerprint density at radius 2 is 2.25 bits per heavy atom. The number of imidazole rings is 1. The Hall–Kier alpha value is -2.83. The van der Waals surface area contributed by atoms with E-state index in [1.165, 1.54) is 0 Å². The molecule has 3 heterocycles. The van der Waals surface area contributed by atoms with E-state index in [2.05, 4.69) is 20.3 Å². The van der Waals surface area contributed by atoms with Crippen molar-refractivity contribution in [1.82, 2.24) is 19.4 Å². The van der Waals surface area contributed by atoms with Crippen LogP contribution in [0.4, 0.5) is 11.6 Å². The van der Waals surface area contributed by atoms with Gasteiger partial charge in [-0.1, -0.05) is 0 Å². The minimum absolute atomic E-state index is 0.435. The summed E-state index contributed by atoms with van der Waals surface area (Å²) in [4.78, 5) is 12.6. The highest BCUT2D eigenvalue weighted by Gasteiger charge is 2.06. The molecule has 0 spiro atoms. The number of nitrogens with one attached hydrogen (secondary N) is 1. The number of rotatable bonds is 4. The molecule has 0 saturated heterocycles. The van der Waals surface area contributed by atoms with Gasteiger partial charge in [-0.3, -0.25) is 0 Å². The predicted molar refractivity (Wildman–Crippen MR) is 75.5 cm³/mol. The molecule has 3 aromatic heterocycles. The van der Waals surface area contributed by atoms with Crippen molar-refractivity contribution >= 4 is 17.3 Å². The molecular formula is C13H14N6O. The van der Waals surface area contributed by atoms with E-state index in [-0.39, 0.29) is 0 Å². The zero-order valence-electron chi connectivity index (χ0n) is 10.9. The summed E-state index contributed by atoms with van der Waals surface area (Å²) in [6.07, 6.45) is 6.96. The Labute approximate surface area is 115 Å². The quantitative estimate of drug-likeness (QED) is 0.743. The highest BCUT2D eigenvalue weighted by Crippen LogP contribution is 2.16. The average Bonchev–Trinajstić information content (AvgIpc) is 2.93. The molecular weight excluding hydrogens is 256 g/mol. The van der Waals surface area contributed by atoms with E-state index in [1.54, 1.807) is 25.7 Å². The molecule has 20 heavy (non-hydrogen) atoms. The van der Waals surface area contributed by atoms with Gasteiger partial charge in [0, 0.05) is 31.2 Å². The Bertz CT molecular complexity index is 739. The summed E-state index contributed by atoms with van der Waals surface area (Å²) in [6, 6.07) is 3.77. The monoisotopic (exact) mass is 270 g/mol. The second-order valence-corrected chi connectivity index (χ2v) is 4.23. The number of aromatic nitrogens is 4. The van der Waals surface area contributed by atoms with Crippen molar-refractivity contribution in [2.45, 2.75) is 6.54 Å². The molecule has 7 nitrogen and oxygen atoms in total. The van der Waals surface area contributed by atoms with Crippen LogP contribution in [0.25, 0.3) is 5.65 Å². The standard InChI is InChI=1S/C13H14N6O/c1-20-11-6-9(2-3-15-11)7-17-12-13-16-4-5-19(13)8-10(14)18-12/h2-6,8H,7,14H2,1H3,(H,17,18). The van der Waals surface area contributed by atoms with Gasteiger partial charge in [0.2, 0.25) is 5.88 Å². The van der Waals surface area contributed by atoms with Crippen molar-refractivity contribution in [1.29, 1.82) is 0 Å². The zero-order chi connectivity index (χ0) is 13.9. The number of anilines is 2. The van der Waals surface area contributed by atoms with Gasteiger partial charge in [-0.15, -0.1) is 0 Å². The highest BCUT2D eigenvalue weighted by molar-refractivity contribution is 5.64. The van der Waals surface area contributed by atoms with E-state index >= 15 is 0 Å². The van der Waals surface area contributed by atoms with Crippen molar-refractivity contribution < 1.29 is 4.74 Å². The summed E-state index contributed by atoms with van der Waals surface area (Å²) < 4.78 is 6.92. The van der Waals surface area contributed by atoms with Crippen LogP contribution in [0.1, 0.15) is 5.56 Å². The molecule has 0 atom stereocenters. The summed E-state index contributed by atoms with van der Waals surface area (Å²) in [5.74, 6) is 1.66. The Morgan fingerprint density at radius 3 is 3.10 bits per heavy atom. The number of hydrogen-bond acceptors (Lipinski definition) is 6. The Kier molecular flexibility index (Phi) is 3.08. The van der Waals surface area contributed by atoms with Gasteiger partial charge in [0.15, 0.2) is 11.5 Å². The Balaban J connectivity index is 1.84. The van der Waals surface area contributed by atoms with Crippen LogP contribution in [0.2, 0.25) is 0 Å². The largest absolute Gasteiger partial charge is 0.481 e. The van der Waals surface area contributed by atoms with Crippen LogP contribution in [0, 0.1) is 0 Å². The van der Waals surface area contributed by atoms with Gasteiger partial charge in [-0.25, -0.2) is 15.0 Å². The normalized spacial score (nSPS) is 10.7. The van der Waals surface area contributed by atoms with E-state index < -0.39 is 0 Å². The van der Waals surface area contributed by atoms with Gasteiger partial charge in [-0.05, 0) is 11.6 Å². The van der Waals surface area contributed by atoms with Crippen LogP contribution in [0.3, 0.4) is 0 Å². The first-order valence-electron chi connectivity index (χ1n) is 6.08. The first-order valence-corrected chi connectivity index (χ1v) is 6.08. The number of pyridine rings is 1. The average molecular weight is 270 g/mol. The summed E-state index contributed by atoms with van der Waals surface area (Å²) in [7, 11) is 1.59. The first kappa shape index (κ1) is 12.2. The maximum atomic E-state index is 5.77. The molecule has 3 aromatic rings. The Morgan fingerprint density at radius 1 is 1.35 bits per heavy atom. The molecule has 0 aliphatic heterocycles. The van der Waals surface area contributed by atoms with Crippen molar-refractivity contribution in [3.63, 3.8) is 0 Å². The fourth-order valence-corrected chi connectivity index (χ4v) is 1.93. The molecule has 7 heteroatoms. The number of fused-ring (bicyclic) bond motifs is 1. The molecule has 0 bridgehead atoms. The molecule has 3 N–H and O–H groups in total. The lowest BCUT2D eigenvalue weighted by Crippen LogP contribution is -2.06. The van der Waals surface area contributed by atoms with Crippen molar-refractivity contribution in [3.05, 3.63) is 42.5 Å². The number of ether oxygens (including phenoxy) is 1. The molecule has 102 valence electrons. The molecule has 0 radical (unpaired) electrons. The lowest BCUT2D eigenvalue weighted by molar-refractivity contribution is 0.397. The first-order chi connectivity index (χ1) is 9.76. The smallest absolute Gasteiger partial charge is 0.213 e. The molecule has 3 rings (SSSR count). The van der Waals surface area contributed by atoms with Crippen molar-refractivity contribution in [3.8, 4) is 5.88 Å². The van der Waals surface area contributed by atoms with Gasteiger partial charge >= 0.3 is 0 Å². The zero-order valence-corrected chi connectivity index (χ0v) is 10.9. The third kappa shape index (κ3) is 2.33. The minimum atomic E-state index is 0.435. The SMILES string of the molecule is COc1cc(CNc2nc(N)cn3ccnc23)ccn1. The lowest BCUT2D eigenvalue weighted by Gasteiger charge is -2.08. The number of nitrogens with two attached hydrogens (primary N) is 1. The second-order valence-electron chi connectivity index (χ2n) is 4.23. The summed E-state index contributed by atoms with van der Waals surface area (Å²) in [5, 5.41) is 3.22. The van der Waals surface area contributed by atoms with E-state index in [4.69, 9.17) is 10.5 Å². The van der Waals surface area contributed by atoms with Crippen molar-refractivity contribution in [2.75, 3.05) is 18.2 Å². The van der Waals surface area contributed by atoms with Crippen LogP contribution >= 0.6 is 0 Å². The topological polar surface area (TPSA) is 90.4 Å². The molecule has 0 fully saturated rings. The molecule has 0 aliphatic rings. The fourth-order valence-electron chi connectivity index (χ4n) is 1.93. The molecule has 0 aliphatic carbocycles. The van der Waals surface area contributed by atoms with Crippen LogP contribution in [-0.4, -0.2) is 26.5 Å². The lowest BCUT2D eigenvalue weighted by atomic mass is 10.2. The van der Waals surface area contributed by atoms with Crippen LogP contribution < -0.4 is 15.8 Å². The van der Waals surface area contributed by atoms with Gasteiger partial charge in [0.05, 0.1) is 13.3 Å². The predicted octanol–water partition coefficient (Wildman–Crippen LogP) is 1.33. The van der Waals surface area contributed by atoms with E-state index in [0.29, 0.717) is 24.1 Å². The molecule has 0 unspecified atom stereocenters. The maximum Gasteiger partial charge on any atom is 0.213 e. The van der Waals surface area contributed by atoms with E-state index in [0.717, 1.165) is 11.2 Å². The van der Waals surface area contributed by atoms with Crippen LogP contribution in [0.15, 0.2) is 36.9 Å². The van der Waals surface area contributed by atoms with Crippen LogP contribution in [0.5, 0.6) is 5.88 Å². The number of nitrogens with zero attached hydrogens (tertiary/aromatic N) is 4. The number of methoxy groups -OCH3 is 1. The van der Waals surface area contributed by atoms with Crippen molar-refractivity contribution in [2.24, 2.45) is 0 Å². The molecule has 0 amide bonds. The van der Waals surface area contributed by atoms with Gasteiger partial charge < -0.3 is 20.2 Å². The third-order valence-electron chi connectivity index (χ3n) is 2.86. The highest BCUT2D eigenvalue weighted by atomic mass is 16.5. The maximum absolute atomic E-state index is 5.77. The minimum Gasteiger partial charge on any atom is -0.481 e. The summed E-state index contributed by atoms with van der Waals surface area (Å²) >= 11 is 0. The summed E-state index contributed by atoms with van der Waals surface area (Å²) in [6.45, 7) is 0.581. The van der Waals surface area contributed by atoms with Gasteiger partial charge in [-0.2, -0.15) is 0 Å². The second kappa shape index (κ2) is 5.04. The number of nitrogen functional groups attached to an aromatic ring is 1. The summed E-state index contributed by atoms with van der Waals surface area (Å²) in [5.41, 5.74) is 7.54.